The first kappa shape index (κ1) is 50.2. The van der Waals surface area contributed by atoms with Crippen LogP contribution in [0.3, 0.4) is 0 Å². The molecule has 7 heteroatoms. The van der Waals surface area contributed by atoms with Crippen LogP contribution in [0.5, 0.6) is 0 Å². The van der Waals surface area contributed by atoms with Crippen molar-refractivity contribution in [3.63, 3.8) is 0 Å². The average Bonchev–Trinajstić information content (AvgIpc) is 3.68. The number of aliphatic carboxylic acids is 1. The Bertz CT molecular complexity index is 1840. The number of hydrogen-bond donors (Lipinski definition) is 2. The van der Waals surface area contributed by atoms with Crippen molar-refractivity contribution in [2.75, 3.05) is 55.4 Å². The highest BCUT2D eigenvalue weighted by molar-refractivity contribution is 5.70. The van der Waals surface area contributed by atoms with Crippen molar-refractivity contribution in [3.05, 3.63) is 46.6 Å². The van der Waals surface area contributed by atoms with E-state index < -0.39 is 5.97 Å². The fraction of sp³-hybridized carbons (Fsp3) is 0.821. The van der Waals surface area contributed by atoms with Gasteiger partial charge in [-0.1, -0.05) is 116 Å². The molecule has 0 aromatic carbocycles. The van der Waals surface area contributed by atoms with Crippen molar-refractivity contribution in [2.24, 2.45) is 68.0 Å². The van der Waals surface area contributed by atoms with Gasteiger partial charge >= 0.3 is 11.9 Å². The number of nitrogens with zero attached hydrogens (tertiary/aromatic N) is 2. The summed E-state index contributed by atoms with van der Waals surface area (Å²) in [5, 5.41) is 18.4. The van der Waals surface area contributed by atoms with Crippen LogP contribution in [0.25, 0.3) is 0 Å². The van der Waals surface area contributed by atoms with Crippen molar-refractivity contribution in [1.82, 2.24) is 0 Å². The minimum atomic E-state index is -0.752. The molecule has 2 N–H and O–H groups in total. The lowest BCUT2D eigenvalue weighted by molar-refractivity contribution is -0.862. The number of ether oxygens (including phenoxy) is 1. The lowest BCUT2D eigenvalue weighted by atomic mass is 9.46. The number of hydrogen-bond acceptors (Lipinski definition) is 4. The minimum Gasteiger partial charge on any atom is -0.477 e. The van der Waals surface area contributed by atoms with Crippen molar-refractivity contribution in [3.8, 4) is 0 Å². The Hall–Kier alpha value is -2.22. The van der Waals surface area contributed by atoms with E-state index >= 15 is 0 Å². The van der Waals surface area contributed by atoms with Gasteiger partial charge in [-0.2, -0.15) is 0 Å². The molecule has 0 amide bonds. The van der Waals surface area contributed by atoms with E-state index in [0.717, 1.165) is 61.2 Å². The van der Waals surface area contributed by atoms with E-state index in [0.29, 0.717) is 42.6 Å². The zero-order valence-electron chi connectivity index (χ0n) is 43.3. The Morgan fingerprint density at radius 2 is 1.00 bits per heavy atom. The number of esters is 1. The lowest BCUT2D eigenvalue weighted by Crippen LogP contribution is -2.51. The summed E-state index contributed by atoms with van der Waals surface area (Å²) in [6.45, 7) is 25.3. The Labute approximate surface area is 385 Å². The van der Waals surface area contributed by atoms with Crippen LogP contribution in [-0.2, 0) is 14.3 Å². The van der Waals surface area contributed by atoms with Gasteiger partial charge in [-0.25, -0.2) is 9.59 Å². The molecule has 0 heterocycles. The summed E-state index contributed by atoms with van der Waals surface area (Å²) >= 11 is 0. The number of aliphatic hydroxyl groups is 1. The second-order valence-electron chi connectivity index (χ2n) is 27.2. The standard InChI is InChI=1S/C28H46NO2.C23H36O.C5H11NO2/c1-26(2,3)24-12-11-22-21-10-9-19-17-20(31-25(30)18-29(6,7)8)13-15-27(19,4)23(21)14-16-28(22,24)5;1-21(2,3)20-9-8-18-17-7-6-15-14-16(24)10-12-22(15,4)19(17)11-13-23(18,20)5;1-6(2,3)4-5(7)8/h9,12,20-23H,10-11,13-18H2,1-8H3;6,9,16-19,24H,7-8,10-14H2,1-5H3;4H2,1-3H3/q+1;;/p+1/t20-,21?,22?,23?,27-,28-;16-,17?,18?,19?,22-,23-;/m00./s1. The van der Waals surface area contributed by atoms with Gasteiger partial charge in [0.05, 0.1) is 48.4 Å². The Morgan fingerprint density at radius 3 is 1.40 bits per heavy atom. The summed E-state index contributed by atoms with van der Waals surface area (Å²) < 4.78 is 7.04. The monoisotopic (exact) mass is 875 g/mol. The van der Waals surface area contributed by atoms with Crippen LogP contribution < -0.4 is 0 Å². The molecule has 8 aliphatic carbocycles. The van der Waals surface area contributed by atoms with Crippen LogP contribution in [-0.4, -0.2) is 98.7 Å². The van der Waals surface area contributed by atoms with Crippen LogP contribution in [0.1, 0.15) is 159 Å². The van der Waals surface area contributed by atoms with Gasteiger partial charge in [0.2, 0.25) is 0 Å². The van der Waals surface area contributed by atoms with Crippen LogP contribution in [0, 0.1) is 68.0 Å². The average molecular weight is 875 g/mol. The molecule has 6 unspecified atom stereocenters. The highest BCUT2D eigenvalue weighted by atomic mass is 16.5. The van der Waals surface area contributed by atoms with E-state index in [1.54, 1.807) is 22.3 Å². The van der Waals surface area contributed by atoms with Gasteiger partial charge in [-0.05, 0) is 151 Å². The van der Waals surface area contributed by atoms with Crippen LogP contribution in [0.15, 0.2) is 46.6 Å². The lowest BCUT2D eigenvalue weighted by Gasteiger charge is -2.58. The number of aliphatic hydroxyl groups excluding tert-OH is 1. The van der Waals surface area contributed by atoms with Crippen molar-refractivity contribution in [2.45, 2.75) is 171 Å². The maximum Gasteiger partial charge on any atom is 0.362 e. The molecule has 0 saturated heterocycles. The molecule has 0 aromatic heterocycles. The predicted octanol–water partition coefficient (Wildman–Crippen LogP) is 11.8. The van der Waals surface area contributed by atoms with Gasteiger partial charge in [-0.15, -0.1) is 0 Å². The Kier molecular flexibility index (Phi) is 13.9. The summed E-state index contributed by atoms with van der Waals surface area (Å²) in [6, 6.07) is 0. The predicted molar refractivity (Wildman–Crippen MR) is 259 cm³/mol. The number of fused-ring (bicyclic) bond motifs is 10. The number of carbonyl (C=O) groups is 2. The van der Waals surface area contributed by atoms with Crippen molar-refractivity contribution >= 4 is 11.9 Å². The van der Waals surface area contributed by atoms with Gasteiger partial charge in [0.25, 0.3) is 0 Å². The Morgan fingerprint density at radius 1 is 0.587 bits per heavy atom. The molecule has 0 spiro atoms. The Balaban J connectivity index is 0.000000183. The number of carbonyl (C=O) groups excluding carboxylic acids is 1. The van der Waals surface area contributed by atoms with E-state index in [1.807, 2.05) is 42.3 Å². The summed E-state index contributed by atoms with van der Waals surface area (Å²) in [6.07, 6.45) is 27.1. The first-order valence-corrected chi connectivity index (χ1v) is 25.3. The maximum absolute atomic E-state index is 12.4. The first-order chi connectivity index (χ1) is 28.8. The molecule has 0 aliphatic heterocycles. The summed E-state index contributed by atoms with van der Waals surface area (Å²) in [5.41, 5.74) is 8.71. The van der Waals surface area contributed by atoms with Crippen LogP contribution >= 0.6 is 0 Å². The van der Waals surface area contributed by atoms with Gasteiger partial charge in [-0.3, -0.25) is 0 Å². The summed E-state index contributed by atoms with van der Waals surface area (Å²) in [7, 11) is 11.7. The molecular weight excluding hydrogens is 781 g/mol. The summed E-state index contributed by atoms with van der Waals surface area (Å²) in [4.78, 5) is 22.4. The van der Waals surface area contributed by atoms with Crippen LogP contribution in [0.2, 0.25) is 0 Å². The van der Waals surface area contributed by atoms with Crippen LogP contribution in [0.4, 0.5) is 0 Å². The van der Waals surface area contributed by atoms with Gasteiger partial charge in [0.15, 0.2) is 13.1 Å². The summed E-state index contributed by atoms with van der Waals surface area (Å²) in [5.74, 6) is 4.14. The second-order valence-corrected chi connectivity index (χ2v) is 27.2. The molecule has 7 nitrogen and oxygen atoms in total. The zero-order valence-corrected chi connectivity index (χ0v) is 43.3. The van der Waals surface area contributed by atoms with Gasteiger partial charge in [0, 0.05) is 6.42 Å². The molecule has 4 saturated carbocycles. The molecule has 8 rings (SSSR count). The van der Waals surface area contributed by atoms with Gasteiger partial charge < -0.3 is 23.9 Å². The third kappa shape index (κ3) is 10.2. The number of allylic oxidation sites excluding steroid dienone is 6. The fourth-order valence-electron chi connectivity index (χ4n) is 15.8. The van der Waals surface area contributed by atoms with E-state index in [2.05, 4.69) is 93.5 Å². The first-order valence-electron chi connectivity index (χ1n) is 25.3. The maximum atomic E-state index is 12.4. The number of quaternary nitrogens is 2. The largest absolute Gasteiger partial charge is 0.477 e. The van der Waals surface area contributed by atoms with E-state index in [1.165, 1.54) is 64.2 Å². The topological polar surface area (TPSA) is 83.8 Å². The smallest absolute Gasteiger partial charge is 0.362 e. The fourth-order valence-corrected chi connectivity index (χ4v) is 15.8. The molecule has 356 valence electrons. The zero-order chi connectivity index (χ0) is 46.9. The number of carboxylic acid groups (broad SMARTS) is 1. The molecule has 4 fully saturated rings. The molecule has 0 bridgehead atoms. The van der Waals surface area contributed by atoms with Crippen molar-refractivity contribution < 1.29 is 33.5 Å². The molecular formula is C56H94N2O5+2. The highest BCUT2D eigenvalue weighted by Crippen LogP contribution is 2.68. The quantitative estimate of drug-likeness (QED) is 0.163. The van der Waals surface area contributed by atoms with E-state index in [9.17, 15) is 14.7 Å². The normalized spacial score (nSPS) is 39.6. The van der Waals surface area contributed by atoms with E-state index in [4.69, 9.17) is 9.84 Å². The number of rotatable bonds is 5. The molecule has 0 aromatic rings. The third-order valence-corrected chi connectivity index (χ3v) is 18.4. The van der Waals surface area contributed by atoms with E-state index in [-0.39, 0.29) is 30.1 Å². The molecule has 12 atom stereocenters. The molecule has 63 heavy (non-hydrogen) atoms. The third-order valence-electron chi connectivity index (χ3n) is 18.4. The molecule has 8 aliphatic rings. The van der Waals surface area contributed by atoms with Gasteiger partial charge in [0.1, 0.15) is 6.10 Å². The highest BCUT2D eigenvalue weighted by Gasteiger charge is 2.59. The van der Waals surface area contributed by atoms with Crippen molar-refractivity contribution in [1.29, 1.82) is 0 Å². The number of likely N-dealkylation sites (N-methyl/N-ethyl adjacent to an activating group) is 2. The number of carboxylic acids is 1. The SMILES string of the molecule is CC(C)(C)C1=CCC2C3CC=C4C[C@@H](O)CC[C@]4(C)C3CC[C@]12C.CC(C)(C)C1=CCC2C3CC=C4C[C@@H](OC(=O)C[N+](C)(C)C)CC[C@]4(C)C3CC[C@]12C.C[N+](C)(C)CC(=O)O. The second kappa shape index (κ2) is 17.5. The molecule has 0 radical (unpaired) electrons. The minimum absolute atomic E-state index is 0.0458.